The molecule has 0 amide bonds. The molecule has 0 fully saturated rings. The van der Waals surface area contributed by atoms with Crippen molar-refractivity contribution in [3.8, 4) is 0 Å². The Labute approximate surface area is 208 Å². The summed E-state index contributed by atoms with van der Waals surface area (Å²) in [6, 6.07) is 10.3. The molecule has 0 aromatic heterocycles. The fraction of sp³-hybridized carbons (Fsp3) is 0.200. The van der Waals surface area contributed by atoms with E-state index in [2.05, 4.69) is 80.0 Å². The van der Waals surface area contributed by atoms with Crippen LogP contribution in [0.3, 0.4) is 0 Å². The lowest BCUT2D eigenvalue weighted by Crippen LogP contribution is -2.00. The average molecular weight is 502 g/mol. The second-order valence-corrected chi connectivity index (χ2v) is 10.1. The number of thioether (sulfide) groups is 2. The number of hydrogen-bond acceptors (Lipinski definition) is 6. The van der Waals surface area contributed by atoms with Crippen LogP contribution in [0.1, 0.15) is 20.3 Å². The van der Waals surface area contributed by atoms with E-state index in [0.717, 1.165) is 31.5 Å². The Morgan fingerprint density at radius 3 is 2.62 bits per heavy atom. The molecular formula is C25H32N3PS3. The van der Waals surface area contributed by atoms with Gasteiger partial charge in [0.1, 0.15) is 4.38 Å². The minimum atomic E-state index is 0.818. The van der Waals surface area contributed by atoms with E-state index < -0.39 is 0 Å². The molecule has 170 valence electrons. The van der Waals surface area contributed by atoms with Crippen molar-refractivity contribution in [2.24, 2.45) is 9.39 Å². The fourth-order valence-electron chi connectivity index (χ4n) is 2.20. The number of benzene rings is 1. The van der Waals surface area contributed by atoms with Crippen LogP contribution in [-0.4, -0.2) is 24.7 Å². The standard InChI is InChI=1S/C25H32N3PS3/c1-6-22(29)13-11-12-20(3)16-17-21(18-28-30-7-2)24(19-26-4)32-25(27-5)31-23-14-9-8-10-15-23/h6-15,17-19,26H,2,16,29H2,1,3-5H3/b13-11-,20-12+,21-17+,22-6+,24-19+,27-25?,28-18?. The molecule has 0 spiro atoms. The molecule has 3 nitrogen and oxygen atoms in total. The summed E-state index contributed by atoms with van der Waals surface area (Å²) in [5, 5.41) is 6.04. The Bertz CT molecular complexity index is 927. The summed E-state index contributed by atoms with van der Waals surface area (Å²) >= 11 is 4.60. The van der Waals surface area contributed by atoms with Gasteiger partial charge in [-0.1, -0.05) is 84.3 Å². The van der Waals surface area contributed by atoms with Gasteiger partial charge in [0.2, 0.25) is 0 Å². The van der Waals surface area contributed by atoms with Gasteiger partial charge in [-0.3, -0.25) is 4.99 Å². The second kappa shape index (κ2) is 17.8. The van der Waals surface area contributed by atoms with E-state index in [-0.39, 0.29) is 0 Å². The smallest absolute Gasteiger partial charge is 0.134 e. The van der Waals surface area contributed by atoms with Crippen LogP contribution in [0.25, 0.3) is 0 Å². The number of nitrogens with one attached hydrogen (secondary N) is 1. The van der Waals surface area contributed by atoms with Crippen LogP contribution in [0.4, 0.5) is 0 Å². The summed E-state index contributed by atoms with van der Waals surface area (Å²) in [6.07, 6.45) is 15.2. The quantitative estimate of drug-likeness (QED) is 0.0832. The first kappa shape index (κ1) is 28.3. The van der Waals surface area contributed by atoms with Crippen molar-refractivity contribution in [3.05, 3.63) is 100 Å². The fourth-order valence-corrected chi connectivity index (χ4v) is 4.60. The highest BCUT2D eigenvalue weighted by Crippen LogP contribution is 2.33. The van der Waals surface area contributed by atoms with E-state index >= 15 is 0 Å². The molecule has 0 saturated heterocycles. The zero-order chi connectivity index (χ0) is 23.6. The minimum Gasteiger partial charge on any atom is -0.393 e. The van der Waals surface area contributed by atoms with Crippen LogP contribution in [0.5, 0.6) is 0 Å². The lowest BCUT2D eigenvalue weighted by molar-refractivity contribution is 1.10. The van der Waals surface area contributed by atoms with E-state index in [1.807, 2.05) is 51.6 Å². The predicted molar refractivity (Wildman–Crippen MR) is 156 cm³/mol. The highest BCUT2D eigenvalue weighted by Gasteiger charge is 2.11. The number of rotatable bonds is 11. The Morgan fingerprint density at radius 1 is 1.25 bits per heavy atom. The van der Waals surface area contributed by atoms with Crippen molar-refractivity contribution < 1.29 is 0 Å². The first-order valence-electron chi connectivity index (χ1n) is 10.0. The molecule has 1 atom stereocenters. The van der Waals surface area contributed by atoms with Gasteiger partial charge in [0.15, 0.2) is 0 Å². The largest absolute Gasteiger partial charge is 0.393 e. The Balaban J connectivity index is 3.10. The van der Waals surface area contributed by atoms with Crippen molar-refractivity contribution in [3.63, 3.8) is 0 Å². The van der Waals surface area contributed by atoms with Crippen molar-refractivity contribution in [2.45, 2.75) is 25.2 Å². The molecule has 1 aromatic carbocycles. The SMILES string of the molecule is C=CSN=CC(=C\C/C(C)=C/C=C\C(P)=C/C)/C(=C\NC)SC(=NC)Sc1ccccc1. The van der Waals surface area contributed by atoms with Crippen LogP contribution >= 0.6 is 44.7 Å². The topological polar surface area (TPSA) is 36.8 Å². The summed E-state index contributed by atoms with van der Waals surface area (Å²) < 4.78 is 5.38. The minimum absolute atomic E-state index is 0.818. The van der Waals surface area contributed by atoms with Crippen molar-refractivity contribution in [2.75, 3.05) is 14.1 Å². The van der Waals surface area contributed by atoms with E-state index in [0.29, 0.717) is 0 Å². The second-order valence-electron chi connectivity index (χ2n) is 6.33. The van der Waals surface area contributed by atoms with Crippen LogP contribution in [0.2, 0.25) is 0 Å². The van der Waals surface area contributed by atoms with Crippen molar-refractivity contribution in [1.29, 1.82) is 0 Å². The van der Waals surface area contributed by atoms with Gasteiger partial charge >= 0.3 is 0 Å². The third-order valence-electron chi connectivity index (χ3n) is 3.86. The van der Waals surface area contributed by atoms with Gasteiger partial charge in [0.25, 0.3) is 0 Å². The maximum Gasteiger partial charge on any atom is 0.134 e. The van der Waals surface area contributed by atoms with Crippen molar-refractivity contribution in [1.82, 2.24) is 5.32 Å². The first-order valence-corrected chi connectivity index (χ1v) is 13.1. The predicted octanol–water partition coefficient (Wildman–Crippen LogP) is 8.02. The van der Waals surface area contributed by atoms with Gasteiger partial charge in [0.05, 0.1) is 0 Å². The molecule has 0 radical (unpaired) electrons. The molecule has 1 unspecified atom stereocenters. The Hall–Kier alpha value is -1.72. The van der Waals surface area contributed by atoms with E-state index in [1.165, 1.54) is 17.5 Å². The molecule has 0 aliphatic carbocycles. The monoisotopic (exact) mass is 501 g/mol. The highest BCUT2D eigenvalue weighted by atomic mass is 32.2. The highest BCUT2D eigenvalue weighted by molar-refractivity contribution is 8.40. The normalized spacial score (nSPS) is 14.5. The number of hydrogen-bond donors (Lipinski definition) is 1. The third-order valence-corrected chi connectivity index (χ3v) is 7.06. The molecule has 0 aliphatic rings. The van der Waals surface area contributed by atoms with Gasteiger partial charge in [-0.2, -0.15) is 0 Å². The molecule has 1 N–H and O–H groups in total. The van der Waals surface area contributed by atoms with E-state index in [1.54, 1.807) is 28.9 Å². The van der Waals surface area contributed by atoms with Gasteiger partial charge in [-0.15, -0.1) is 9.24 Å². The summed E-state index contributed by atoms with van der Waals surface area (Å²) in [4.78, 5) is 6.71. The third kappa shape index (κ3) is 12.4. The number of allylic oxidation sites excluding steroid dienone is 8. The molecular weight excluding hydrogens is 469 g/mol. The molecule has 7 heteroatoms. The molecule has 0 heterocycles. The molecule has 1 rings (SSSR count). The molecule has 0 aliphatic heterocycles. The van der Waals surface area contributed by atoms with Gasteiger partial charge in [0, 0.05) is 53.8 Å². The maximum absolute atomic E-state index is 4.50. The lowest BCUT2D eigenvalue weighted by Gasteiger charge is -2.11. The van der Waals surface area contributed by atoms with Crippen LogP contribution in [-0.2, 0) is 0 Å². The maximum atomic E-state index is 4.50. The molecule has 0 bridgehead atoms. The molecule has 32 heavy (non-hydrogen) atoms. The van der Waals surface area contributed by atoms with Gasteiger partial charge in [-0.05, 0) is 43.1 Å². The summed E-state index contributed by atoms with van der Waals surface area (Å²) in [7, 11) is 6.44. The molecule has 0 saturated carbocycles. The Kier molecular flexibility index (Phi) is 15.7. The number of nitrogens with zero attached hydrogens (tertiary/aromatic N) is 2. The summed E-state index contributed by atoms with van der Waals surface area (Å²) in [5.41, 5.74) is 2.29. The number of aliphatic imine (C=N–C) groups is 1. The Morgan fingerprint density at radius 2 is 2.00 bits per heavy atom. The van der Waals surface area contributed by atoms with E-state index in [9.17, 15) is 0 Å². The zero-order valence-corrected chi connectivity index (χ0v) is 22.7. The van der Waals surface area contributed by atoms with Gasteiger partial charge < -0.3 is 5.32 Å². The first-order chi connectivity index (χ1) is 15.5. The van der Waals surface area contributed by atoms with E-state index in [4.69, 9.17) is 0 Å². The summed E-state index contributed by atoms with van der Waals surface area (Å²) in [6.45, 7) is 7.88. The van der Waals surface area contributed by atoms with Crippen LogP contribution in [0, 0.1) is 0 Å². The van der Waals surface area contributed by atoms with Crippen molar-refractivity contribution >= 4 is 55.3 Å². The zero-order valence-electron chi connectivity index (χ0n) is 19.1. The average Bonchev–Trinajstić information content (AvgIpc) is 2.81. The lowest BCUT2D eigenvalue weighted by atomic mass is 10.1. The van der Waals surface area contributed by atoms with Crippen LogP contribution in [0.15, 0.2) is 115 Å². The summed E-state index contributed by atoms with van der Waals surface area (Å²) in [5.74, 6) is 0. The van der Waals surface area contributed by atoms with Crippen LogP contribution < -0.4 is 5.32 Å². The molecule has 1 aromatic rings. The van der Waals surface area contributed by atoms with Gasteiger partial charge in [-0.25, -0.2) is 4.40 Å².